The van der Waals surface area contributed by atoms with E-state index in [1.807, 2.05) is 61.5 Å². The van der Waals surface area contributed by atoms with Crippen LogP contribution in [-0.4, -0.2) is 17.9 Å². The molecule has 2 aliphatic rings. The number of imide groups is 1. The lowest BCUT2D eigenvalue weighted by Crippen LogP contribution is -2.37. The molecule has 2 heterocycles. The monoisotopic (exact) mass is 402 g/mol. The van der Waals surface area contributed by atoms with Crippen LogP contribution in [0.3, 0.4) is 0 Å². The molecule has 0 bridgehead atoms. The van der Waals surface area contributed by atoms with E-state index in [4.69, 9.17) is 4.84 Å². The second kappa shape index (κ2) is 7.07. The van der Waals surface area contributed by atoms with Crippen molar-refractivity contribution in [3.05, 3.63) is 95.8 Å². The van der Waals surface area contributed by atoms with Gasteiger partial charge in [0.1, 0.15) is 11.7 Å². The minimum Gasteiger partial charge on any atom is -0.273 e. The van der Waals surface area contributed by atoms with E-state index in [2.05, 4.69) is 0 Å². The van der Waals surface area contributed by atoms with Crippen molar-refractivity contribution < 1.29 is 18.8 Å². The van der Waals surface area contributed by atoms with Crippen LogP contribution in [0.4, 0.5) is 15.8 Å². The summed E-state index contributed by atoms with van der Waals surface area (Å²) in [5.74, 6) is -2.11. The van der Waals surface area contributed by atoms with Gasteiger partial charge in [-0.05, 0) is 48.4 Å². The molecule has 0 radical (unpaired) electrons. The van der Waals surface area contributed by atoms with Gasteiger partial charge in [0.25, 0.3) is 5.91 Å². The molecular weight excluding hydrogens is 383 g/mol. The molecule has 3 aromatic carbocycles. The molecule has 3 atom stereocenters. The highest BCUT2D eigenvalue weighted by Gasteiger charge is 2.60. The van der Waals surface area contributed by atoms with E-state index in [1.165, 1.54) is 18.2 Å². The molecular formula is C24H19FN2O3. The predicted octanol–water partition coefficient (Wildman–Crippen LogP) is 4.19. The molecule has 3 aromatic rings. The maximum atomic E-state index is 13.8. The van der Waals surface area contributed by atoms with Crippen LogP contribution in [0.5, 0.6) is 0 Å². The third-order valence-electron chi connectivity index (χ3n) is 5.70. The molecule has 0 unspecified atom stereocenters. The molecule has 0 aliphatic carbocycles. The number of benzene rings is 3. The van der Waals surface area contributed by atoms with Crippen LogP contribution in [0.25, 0.3) is 0 Å². The normalized spacial score (nSPS) is 23.2. The number of anilines is 2. The van der Waals surface area contributed by atoms with E-state index in [0.717, 1.165) is 21.7 Å². The molecule has 0 aromatic heterocycles. The highest BCUT2D eigenvalue weighted by atomic mass is 19.1. The number of nitrogens with zero attached hydrogens (tertiary/aromatic N) is 2. The van der Waals surface area contributed by atoms with Gasteiger partial charge in [-0.3, -0.25) is 14.4 Å². The predicted molar refractivity (Wildman–Crippen MR) is 110 cm³/mol. The van der Waals surface area contributed by atoms with E-state index in [9.17, 15) is 14.0 Å². The van der Waals surface area contributed by atoms with Crippen molar-refractivity contribution in [2.45, 2.75) is 19.1 Å². The topological polar surface area (TPSA) is 49.9 Å². The fourth-order valence-electron chi connectivity index (χ4n) is 4.32. The van der Waals surface area contributed by atoms with Crippen LogP contribution in [0.15, 0.2) is 78.9 Å². The summed E-state index contributed by atoms with van der Waals surface area (Å²) in [4.78, 5) is 33.8. The zero-order valence-corrected chi connectivity index (χ0v) is 16.2. The van der Waals surface area contributed by atoms with Gasteiger partial charge in [-0.1, -0.05) is 48.5 Å². The summed E-state index contributed by atoms with van der Waals surface area (Å²) in [6.45, 7) is 1.97. The number of carbonyl (C=O) groups is 2. The largest absolute Gasteiger partial charge is 0.273 e. The molecule has 2 aliphatic heterocycles. The Morgan fingerprint density at radius 2 is 1.53 bits per heavy atom. The summed E-state index contributed by atoms with van der Waals surface area (Å²) >= 11 is 0. The molecule has 0 N–H and O–H groups in total. The number of amides is 2. The first kappa shape index (κ1) is 18.5. The van der Waals surface area contributed by atoms with Crippen molar-refractivity contribution >= 4 is 23.2 Å². The van der Waals surface area contributed by atoms with Gasteiger partial charge in [-0.2, -0.15) is 0 Å². The number of hydrogen-bond acceptors (Lipinski definition) is 4. The zero-order valence-electron chi connectivity index (χ0n) is 16.2. The molecule has 2 fully saturated rings. The maximum Gasteiger partial charge on any atom is 0.266 e. The Kier molecular flexibility index (Phi) is 4.37. The minimum absolute atomic E-state index is 0.220. The lowest BCUT2D eigenvalue weighted by Gasteiger charge is -2.29. The van der Waals surface area contributed by atoms with E-state index in [0.29, 0.717) is 0 Å². The number of aryl methyl sites for hydroxylation is 1. The average Bonchev–Trinajstić information content (AvgIpc) is 3.25. The number of rotatable bonds is 3. The van der Waals surface area contributed by atoms with Crippen LogP contribution in [0.1, 0.15) is 17.2 Å². The third kappa shape index (κ3) is 2.80. The highest BCUT2D eigenvalue weighted by Crippen LogP contribution is 2.48. The van der Waals surface area contributed by atoms with Crippen molar-refractivity contribution in [1.29, 1.82) is 0 Å². The van der Waals surface area contributed by atoms with Crippen LogP contribution >= 0.6 is 0 Å². The molecule has 0 spiro atoms. The Labute approximate surface area is 173 Å². The number of carbonyl (C=O) groups excluding carboxylic acids is 2. The van der Waals surface area contributed by atoms with Crippen molar-refractivity contribution in [3.63, 3.8) is 0 Å². The minimum atomic E-state index is -0.967. The SMILES string of the molecule is Cc1ccccc1[C@@H]1[C@H]2C(=O)N(c3cccc(F)c3)C(=O)[C@H]2ON1c1ccccc1. The Balaban J connectivity index is 1.61. The summed E-state index contributed by atoms with van der Waals surface area (Å²) < 4.78 is 13.8. The van der Waals surface area contributed by atoms with Gasteiger partial charge in [0.05, 0.1) is 17.4 Å². The second-order valence-corrected chi connectivity index (χ2v) is 7.51. The number of halogens is 1. The van der Waals surface area contributed by atoms with Crippen molar-refractivity contribution in [1.82, 2.24) is 0 Å². The van der Waals surface area contributed by atoms with Gasteiger partial charge in [-0.15, -0.1) is 0 Å². The summed E-state index contributed by atoms with van der Waals surface area (Å²) in [5, 5.41) is 1.66. The van der Waals surface area contributed by atoms with E-state index in [1.54, 1.807) is 11.1 Å². The van der Waals surface area contributed by atoms with Gasteiger partial charge >= 0.3 is 0 Å². The first-order valence-corrected chi connectivity index (χ1v) is 9.76. The molecule has 0 saturated carbocycles. The molecule has 6 heteroatoms. The summed E-state index contributed by atoms with van der Waals surface area (Å²) in [7, 11) is 0. The van der Waals surface area contributed by atoms with Gasteiger partial charge in [-0.25, -0.2) is 14.4 Å². The second-order valence-electron chi connectivity index (χ2n) is 7.51. The van der Waals surface area contributed by atoms with Crippen molar-refractivity contribution in [2.75, 3.05) is 9.96 Å². The number of para-hydroxylation sites is 1. The first-order valence-electron chi connectivity index (χ1n) is 9.76. The molecule has 5 rings (SSSR count). The zero-order chi connectivity index (χ0) is 20.8. The lowest BCUT2D eigenvalue weighted by atomic mass is 9.88. The summed E-state index contributed by atoms with van der Waals surface area (Å²) in [6.07, 6.45) is -0.967. The number of hydroxylamine groups is 1. The summed E-state index contributed by atoms with van der Waals surface area (Å²) in [6, 6.07) is 22.2. The Hall–Kier alpha value is -3.51. The maximum absolute atomic E-state index is 13.8. The van der Waals surface area contributed by atoms with Crippen LogP contribution in [0.2, 0.25) is 0 Å². The van der Waals surface area contributed by atoms with Crippen molar-refractivity contribution in [2.24, 2.45) is 5.92 Å². The smallest absolute Gasteiger partial charge is 0.266 e. The molecule has 5 nitrogen and oxygen atoms in total. The molecule has 2 amide bonds. The third-order valence-corrected chi connectivity index (χ3v) is 5.70. The van der Waals surface area contributed by atoms with E-state index < -0.39 is 29.8 Å². The van der Waals surface area contributed by atoms with E-state index >= 15 is 0 Å². The Bertz CT molecular complexity index is 1130. The first-order chi connectivity index (χ1) is 14.6. The number of fused-ring (bicyclic) bond motifs is 1. The van der Waals surface area contributed by atoms with E-state index in [-0.39, 0.29) is 11.6 Å². The summed E-state index contributed by atoms with van der Waals surface area (Å²) in [5.41, 5.74) is 2.89. The van der Waals surface area contributed by atoms with Gasteiger partial charge in [0.15, 0.2) is 6.10 Å². The highest BCUT2D eigenvalue weighted by molar-refractivity contribution is 6.23. The van der Waals surface area contributed by atoms with Crippen LogP contribution < -0.4 is 9.96 Å². The molecule has 150 valence electrons. The Morgan fingerprint density at radius 1 is 0.833 bits per heavy atom. The lowest BCUT2D eigenvalue weighted by molar-refractivity contribution is -0.126. The quantitative estimate of drug-likeness (QED) is 0.617. The fraction of sp³-hybridized carbons (Fsp3) is 0.167. The standard InChI is InChI=1S/C24H19FN2O3/c1-15-8-5-6-13-19(15)21-20-22(30-27(21)17-10-3-2-4-11-17)24(29)26(23(20)28)18-12-7-9-16(25)14-18/h2-14,20-22H,1H3/t20-,21-,22+/m1/s1. The van der Waals surface area contributed by atoms with Gasteiger partial charge in [0.2, 0.25) is 5.91 Å². The van der Waals surface area contributed by atoms with Gasteiger partial charge < -0.3 is 0 Å². The van der Waals surface area contributed by atoms with Crippen LogP contribution in [-0.2, 0) is 14.4 Å². The molecule has 2 saturated heterocycles. The Morgan fingerprint density at radius 3 is 2.27 bits per heavy atom. The van der Waals surface area contributed by atoms with Crippen molar-refractivity contribution in [3.8, 4) is 0 Å². The van der Waals surface area contributed by atoms with Gasteiger partial charge in [0, 0.05) is 0 Å². The molecule has 30 heavy (non-hydrogen) atoms. The fourth-order valence-corrected chi connectivity index (χ4v) is 4.32. The number of hydrogen-bond donors (Lipinski definition) is 0. The average molecular weight is 402 g/mol. The van der Waals surface area contributed by atoms with Crippen LogP contribution in [0, 0.1) is 18.7 Å².